The summed E-state index contributed by atoms with van der Waals surface area (Å²) in [7, 11) is 0. The van der Waals surface area contributed by atoms with Crippen LogP contribution in [0.25, 0.3) is 0 Å². The fourth-order valence-electron chi connectivity index (χ4n) is 2.65. The minimum Gasteiger partial charge on any atom is -0.300 e. The van der Waals surface area contributed by atoms with Crippen molar-refractivity contribution in [1.82, 2.24) is 9.97 Å². The second-order valence-electron chi connectivity index (χ2n) is 4.52. The number of halogens is 1. The minimum atomic E-state index is 0.110. The quantitative estimate of drug-likeness (QED) is 0.731. The number of carbonyl (C=O) groups is 1. The fourth-order valence-corrected chi connectivity index (χ4v) is 2.75. The maximum Gasteiger partial charge on any atom is 0.134 e. The molecule has 2 aliphatic rings. The number of rotatable bonds is 1. The molecule has 3 rings (SSSR count). The van der Waals surface area contributed by atoms with E-state index in [1.165, 1.54) is 0 Å². The average molecular weight is 223 g/mol. The number of fused-ring (bicyclic) bond motifs is 1. The summed E-state index contributed by atoms with van der Waals surface area (Å²) < 4.78 is 0. The molecule has 1 unspecified atom stereocenters. The smallest absolute Gasteiger partial charge is 0.134 e. The van der Waals surface area contributed by atoms with E-state index in [1.807, 2.05) is 0 Å². The topological polar surface area (TPSA) is 42.9 Å². The summed E-state index contributed by atoms with van der Waals surface area (Å²) in [6.45, 7) is 0. The summed E-state index contributed by atoms with van der Waals surface area (Å²) in [4.78, 5) is 19.8. The van der Waals surface area contributed by atoms with Crippen molar-refractivity contribution >= 4 is 17.4 Å². The number of aromatic nitrogens is 2. The van der Waals surface area contributed by atoms with E-state index < -0.39 is 0 Å². The highest BCUT2D eigenvalue weighted by Gasteiger charge is 2.59. The Labute approximate surface area is 92.9 Å². The molecule has 0 saturated heterocycles. The van der Waals surface area contributed by atoms with E-state index in [-0.39, 0.29) is 5.41 Å². The van der Waals surface area contributed by atoms with Crippen molar-refractivity contribution in [2.24, 2.45) is 5.92 Å². The molecular weight excluding hydrogens is 212 g/mol. The molecule has 15 heavy (non-hydrogen) atoms. The summed E-state index contributed by atoms with van der Waals surface area (Å²) in [5.41, 5.74) is 0.110. The number of hydrogen-bond donors (Lipinski definition) is 0. The first-order valence-corrected chi connectivity index (χ1v) is 5.58. The second kappa shape index (κ2) is 3.01. The molecule has 0 amide bonds. The standard InChI is InChI=1S/C11H11ClN2O/c12-8-5-13-10(14-6-8)11-2-1-9(15)3-7(11)4-11/h5-7H,1-4H2/t7-,11?/m1/s1. The third kappa shape index (κ3) is 1.37. The molecule has 0 radical (unpaired) electrons. The normalized spacial score (nSPS) is 33.7. The van der Waals surface area contributed by atoms with Gasteiger partial charge in [0, 0.05) is 30.7 Å². The first-order chi connectivity index (χ1) is 7.21. The Hall–Kier alpha value is -0.960. The van der Waals surface area contributed by atoms with Crippen molar-refractivity contribution in [3.8, 4) is 0 Å². The number of nitrogens with zero attached hydrogens (tertiary/aromatic N) is 2. The monoisotopic (exact) mass is 222 g/mol. The SMILES string of the molecule is O=C1CCC2(c3ncc(Cl)cn3)C[C@H]2C1. The zero-order valence-electron chi connectivity index (χ0n) is 8.24. The summed E-state index contributed by atoms with van der Waals surface area (Å²) in [6, 6.07) is 0. The van der Waals surface area contributed by atoms with Crippen LogP contribution >= 0.6 is 11.6 Å². The lowest BCUT2D eigenvalue weighted by atomic mass is 9.87. The molecule has 1 aromatic rings. The van der Waals surface area contributed by atoms with Crippen LogP contribution in [-0.2, 0) is 10.2 Å². The van der Waals surface area contributed by atoms with Crippen molar-refractivity contribution < 1.29 is 4.79 Å². The Morgan fingerprint density at radius 3 is 2.80 bits per heavy atom. The lowest BCUT2D eigenvalue weighted by molar-refractivity contribution is -0.120. The van der Waals surface area contributed by atoms with Crippen LogP contribution in [0.3, 0.4) is 0 Å². The average Bonchev–Trinajstić information content (AvgIpc) is 2.93. The van der Waals surface area contributed by atoms with E-state index in [0.717, 1.165) is 18.7 Å². The number of hydrogen-bond acceptors (Lipinski definition) is 3. The number of carbonyl (C=O) groups excluding carboxylic acids is 1. The fraction of sp³-hybridized carbons (Fsp3) is 0.545. The van der Waals surface area contributed by atoms with Gasteiger partial charge in [0.1, 0.15) is 11.6 Å². The summed E-state index contributed by atoms with van der Waals surface area (Å²) in [5, 5.41) is 0.569. The van der Waals surface area contributed by atoms with E-state index in [9.17, 15) is 4.79 Å². The number of ketones is 1. The predicted octanol–water partition coefficient (Wildman–Crippen LogP) is 2.14. The molecule has 1 aromatic heterocycles. The lowest BCUT2D eigenvalue weighted by Gasteiger charge is -2.19. The van der Waals surface area contributed by atoms with E-state index in [2.05, 4.69) is 9.97 Å². The van der Waals surface area contributed by atoms with Gasteiger partial charge in [0.25, 0.3) is 0 Å². The molecule has 0 N–H and O–H groups in total. The van der Waals surface area contributed by atoms with Gasteiger partial charge in [-0.1, -0.05) is 11.6 Å². The Balaban J connectivity index is 1.90. The molecule has 78 valence electrons. The number of Topliss-reactive ketones (excluding diaryl/α,β-unsaturated/α-hetero) is 1. The van der Waals surface area contributed by atoms with Crippen LogP contribution in [0, 0.1) is 5.92 Å². The van der Waals surface area contributed by atoms with Gasteiger partial charge in [-0.15, -0.1) is 0 Å². The van der Waals surface area contributed by atoms with Crippen LogP contribution < -0.4 is 0 Å². The molecule has 0 aliphatic heterocycles. The lowest BCUT2D eigenvalue weighted by Crippen LogP contribution is -2.21. The predicted molar refractivity (Wildman–Crippen MR) is 55.7 cm³/mol. The van der Waals surface area contributed by atoms with Crippen molar-refractivity contribution in [2.75, 3.05) is 0 Å². The summed E-state index contributed by atoms with van der Waals surface area (Å²) in [5.74, 6) is 1.76. The van der Waals surface area contributed by atoms with Crippen molar-refractivity contribution in [3.05, 3.63) is 23.2 Å². The highest BCUT2D eigenvalue weighted by Crippen LogP contribution is 2.60. The summed E-state index contributed by atoms with van der Waals surface area (Å²) in [6.07, 6.45) is 6.67. The Morgan fingerprint density at radius 2 is 2.13 bits per heavy atom. The molecule has 0 spiro atoms. The molecule has 0 aromatic carbocycles. The second-order valence-corrected chi connectivity index (χ2v) is 4.96. The molecule has 3 nitrogen and oxygen atoms in total. The third-order valence-electron chi connectivity index (χ3n) is 3.62. The summed E-state index contributed by atoms with van der Waals surface area (Å²) >= 11 is 5.75. The van der Waals surface area contributed by atoms with Crippen molar-refractivity contribution in [3.63, 3.8) is 0 Å². The third-order valence-corrected chi connectivity index (χ3v) is 3.82. The van der Waals surface area contributed by atoms with Gasteiger partial charge in [0.15, 0.2) is 0 Å². The van der Waals surface area contributed by atoms with E-state index in [0.29, 0.717) is 29.6 Å². The van der Waals surface area contributed by atoms with Crippen LogP contribution in [0.4, 0.5) is 0 Å². The first-order valence-electron chi connectivity index (χ1n) is 5.20. The highest BCUT2D eigenvalue weighted by atomic mass is 35.5. The first kappa shape index (κ1) is 9.28. The van der Waals surface area contributed by atoms with Gasteiger partial charge in [-0.25, -0.2) is 9.97 Å². The van der Waals surface area contributed by atoms with Gasteiger partial charge in [0.2, 0.25) is 0 Å². The molecule has 4 heteroatoms. The van der Waals surface area contributed by atoms with E-state index in [1.54, 1.807) is 12.4 Å². The van der Waals surface area contributed by atoms with E-state index in [4.69, 9.17) is 11.6 Å². The molecule has 0 bridgehead atoms. The van der Waals surface area contributed by atoms with Crippen LogP contribution in [0.2, 0.25) is 5.02 Å². The zero-order valence-corrected chi connectivity index (χ0v) is 9.00. The Bertz CT molecular complexity index is 417. The van der Waals surface area contributed by atoms with Crippen molar-refractivity contribution in [2.45, 2.75) is 31.1 Å². The highest BCUT2D eigenvalue weighted by molar-refractivity contribution is 6.30. The maximum atomic E-state index is 11.3. The molecule has 2 aliphatic carbocycles. The molecule has 2 fully saturated rings. The van der Waals surface area contributed by atoms with Crippen LogP contribution in [0.15, 0.2) is 12.4 Å². The van der Waals surface area contributed by atoms with Gasteiger partial charge in [-0.3, -0.25) is 4.79 Å². The largest absolute Gasteiger partial charge is 0.300 e. The molecular formula is C11H11ClN2O. The van der Waals surface area contributed by atoms with Crippen LogP contribution in [-0.4, -0.2) is 15.8 Å². The van der Waals surface area contributed by atoms with Gasteiger partial charge in [0.05, 0.1) is 5.02 Å². The van der Waals surface area contributed by atoms with Gasteiger partial charge < -0.3 is 0 Å². The zero-order chi connectivity index (χ0) is 10.5. The van der Waals surface area contributed by atoms with E-state index >= 15 is 0 Å². The molecule has 2 saturated carbocycles. The Morgan fingerprint density at radius 1 is 1.40 bits per heavy atom. The Kier molecular flexibility index (Phi) is 1.87. The minimum absolute atomic E-state index is 0.110. The molecule has 2 atom stereocenters. The van der Waals surface area contributed by atoms with Gasteiger partial charge in [-0.2, -0.15) is 0 Å². The van der Waals surface area contributed by atoms with Gasteiger partial charge >= 0.3 is 0 Å². The van der Waals surface area contributed by atoms with Crippen LogP contribution in [0.5, 0.6) is 0 Å². The van der Waals surface area contributed by atoms with Crippen LogP contribution in [0.1, 0.15) is 31.5 Å². The molecule has 1 heterocycles. The maximum absolute atomic E-state index is 11.3. The van der Waals surface area contributed by atoms with Crippen molar-refractivity contribution in [1.29, 1.82) is 0 Å². The van der Waals surface area contributed by atoms with Gasteiger partial charge in [-0.05, 0) is 18.8 Å².